The topological polar surface area (TPSA) is 42.4 Å². The molecule has 1 aliphatic heterocycles. The van der Waals surface area contributed by atoms with Gasteiger partial charge in [-0.1, -0.05) is 18.2 Å². The highest BCUT2D eigenvalue weighted by Crippen LogP contribution is 2.61. The van der Waals surface area contributed by atoms with E-state index in [1.807, 2.05) is 49.1 Å². The van der Waals surface area contributed by atoms with Crippen LogP contribution >= 0.6 is 0 Å². The van der Waals surface area contributed by atoms with E-state index in [0.717, 1.165) is 30.0 Å². The van der Waals surface area contributed by atoms with Crippen molar-refractivity contribution in [1.29, 1.82) is 0 Å². The number of fused-ring (bicyclic) bond motifs is 2. The van der Waals surface area contributed by atoms with Gasteiger partial charge in [-0.05, 0) is 44.9 Å². The summed E-state index contributed by atoms with van der Waals surface area (Å²) in [7, 11) is 0. The average molecular weight is 322 g/mol. The third-order valence-corrected chi connectivity index (χ3v) is 5.45. The second-order valence-electron chi connectivity index (χ2n) is 6.70. The molecule has 124 valence electrons. The summed E-state index contributed by atoms with van der Waals surface area (Å²) >= 11 is 0. The fourth-order valence-electron chi connectivity index (χ4n) is 4.08. The minimum atomic E-state index is -0.0323. The zero-order valence-corrected chi connectivity index (χ0v) is 14.2. The molecule has 24 heavy (non-hydrogen) atoms. The Hall–Kier alpha value is -2.36. The number of aryl methyl sites for hydroxylation is 1. The summed E-state index contributed by atoms with van der Waals surface area (Å²) in [5.74, 6) is 1.20. The molecular formula is C20H22N2O2. The third-order valence-electron chi connectivity index (χ3n) is 5.45. The number of para-hydroxylation sites is 1. The number of amides is 1. The minimum absolute atomic E-state index is 0.0323. The Bertz CT molecular complexity index is 789. The lowest BCUT2D eigenvalue weighted by molar-refractivity contribution is -0.120. The van der Waals surface area contributed by atoms with E-state index in [4.69, 9.17) is 4.74 Å². The third kappa shape index (κ3) is 2.20. The highest BCUT2D eigenvalue weighted by molar-refractivity contribution is 5.98. The van der Waals surface area contributed by atoms with Crippen LogP contribution in [0.5, 0.6) is 5.75 Å². The number of ether oxygens (including phenoxy) is 1. The van der Waals surface area contributed by atoms with E-state index < -0.39 is 0 Å². The van der Waals surface area contributed by atoms with E-state index in [1.165, 1.54) is 5.56 Å². The van der Waals surface area contributed by atoms with E-state index in [-0.39, 0.29) is 17.2 Å². The van der Waals surface area contributed by atoms with Gasteiger partial charge in [0, 0.05) is 29.6 Å². The summed E-state index contributed by atoms with van der Waals surface area (Å²) in [6.07, 6.45) is 3.61. The van der Waals surface area contributed by atoms with Crippen molar-refractivity contribution in [3.63, 3.8) is 0 Å². The number of carbonyl (C=O) groups excluding carboxylic acids is 1. The van der Waals surface area contributed by atoms with Gasteiger partial charge in [0.15, 0.2) is 0 Å². The van der Waals surface area contributed by atoms with Crippen molar-refractivity contribution >= 4 is 11.6 Å². The lowest BCUT2D eigenvalue weighted by atomic mass is 9.87. The molecular weight excluding hydrogens is 300 g/mol. The first-order valence-electron chi connectivity index (χ1n) is 8.62. The molecule has 0 radical (unpaired) electrons. The van der Waals surface area contributed by atoms with Gasteiger partial charge in [0.1, 0.15) is 5.75 Å². The maximum atomic E-state index is 13.2. The second kappa shape index (κ2) is 5.62. The van der Waals surface area contributed by atoms with Gasteiger partial charge < -0.3 is 9.64 Å². The molecule has 0 unspecified atom stereocenters. The number of carbonyl (C=O) groups is 1. The molecule has 0 saturated heterocycles. The van der Waals surface area contributed by atoms with Crippen molar-refractivity contribution in [2.75, 3.05) is 18.1 Å². The number of hydrogen-bond donors (Lipinski definition) is 0. The molecule has 4 rings (SSSR count). The molecule has 1 fully saturated rings. The zero-order valence-electron chi connectivity index (χ0n) is 14.2. The number of pyridine rings is 1. The Labute approximate surface area is 142 Å². The van der Waals surface area contributed by atoms with E-state index in [9.17, 15) is 4.79 Å². The highest BCUT2D eigenvalue weighted by Gasteiger charge is 2.61. The molecule has 1 spiro atoms. The number of benzene rings is 1. The first kappa shape index (κ1) is 15.2. The number of nitrogens with zero attached hydrogens (tertiary/aromatic N) is 2. The van der Waals surface area contributed by atoms with Gasteiger partial charge in [0.2, 0.25) is 5.91 Å². The van der Waals surface area contributed by atoms with Crippen LogP contribution in [-0.4, -0.2) is 24.0 Å². The summed E-state index contributed by atoms with van der Waals surface area (Å²) < 4.78 is 5.78. The quantitative estimate of drug-likeness (QED) is 0.869. The zero-order chi connectivity index (χ0) is 16.7. The van der Waals surface area contributed by atoms with Gasteiger partial charge in [-0.3, -0.25) is 9.78 Å². The monoisotopic (exact) mass is 322 g/mol. The van der Waals surface area contributed by atoms with Crippen LogP contribution in [0.2, 0.25) is 0 Å². The smallest absolute Gasteiger partial charge is 0.231 e. The molecule has 0 N–H and O–H groups in total. The molecule has 1 aromatic heterocycles. The van der Waals surface area contributed by atoms with Crippen molar-refractivity contribution in [2.45, 2.75) is 32.1 Å². The van der Waals surface area contributed by atoms with Crippen LogP contribution in [0.25, 0.3) is 0 Å². The van der Waals surface area contributed by atoms with Gasteiger partial charge in [0.05, 0.1) is 18.0 Å². The van der Waals surface area contributed by atoms with E-state index in [0.29, 0.717) is 13.2 Å². The maximum Gasteiger partial charge on any atom is 0.231 e. The van der Waals surface area contributed by atoms with Gasteiger partial charge in [-0.2, -0.15) is 0 Å². The number of hydrogen-bond acceptors (Lipinski definition) is 3. The van der Waals surface area contributed by atoms with Crippen LogP contribution in [0.1, 0.15) is 31.0 Å². The first-order chi connectivity index (χ1) is 11.7. The molecule has 4 nitrogen and oxygen atoms in total. The molecule has 4 heteroatoms. The molecule has 0 bridgehead atoms. The lowest BCUT2D eigenvalue weighted by Gasteiger charge is -2.28. The lowest BCUT2D eigenvalue weighted by Crippen LogP contribution is -2.36. The van der Waals surface area contributed by atoms with Gasteiger partial charge >= 0.3 is 0 Å². The predicted molar refractivity (Wildman–Crippen MR) is 93.3 cm³/mol. The summed E-state index contributed by atoms with van der Waals surface area (Å²) in [6.45, 7) is 5.34. The summed E-state index contributed by atoms with van der Waals surface area (Å²) in [4.78, 5) is 19.5. The minimum Gasteiger partial charge on any atom is -0.493 e. The van der Waals surface area contributed by atoms with Crippen molar-refractivity contribution in [3.8, 4) is 5.75 Å². The van der Waals surface area contributed by atoms with Crippen LogP contribution < -0.4 is 9.64 Å². The summed E-state index contributed by atoms with van der Waals surface area (Å²) in [5.41, 5.74) is 2.99. The summed E-state index contributed by atoms with van der Waals surface area (Å²) in [6, 6.07) is 12.0. The van der Waals surface area contributed by atoms with Crippen molar-refractivity contribution in [3.05, 3.63) is 53.9 Å². The van der Waals surface area contributed by atoms with Crippen LogP contribution in [0.15, 0.2) is 42.6 Å². The Kier molecular flexibility index (Phi) is 3.56. The standard InChI is InChI=1S/C20H22N2O2/c1-3-22(17-8-6-11-21-14(17)2)19(23)16-13-20(16)10-12-24-18-9-5-4-7-15(18)20/h4-9,11,16H,3,10,12-13H2,1-2H3/t16-,20+/m1/s1. The predicted octanol–water partition coefficient (Wildman–Crippen LogP) is 3.48. The van der Waals surface area contributed by atoms with Gasteiger partial charge in [0.25, 0.3) is 0 Å². The van der Waals surface area contributed by atoms with Crippen molar-refractivity contribution in [1.82, 2.24) is 4.98 Å². The summed E-state index contributed by atoms with van der Waals surface area (Å²) in [5, 5.41) is 0. The molecule has 1 aromatic carbocycles. The molecule has 1 amide bonds. The fourth-order valence-corrected chi connectivity index (χ4v) is 4.08. The Morgan fingerprint density at radius 2 is 2.17 bits per heavy atom. The Balaban J connectivity index is 1.65. The maximum absolute atomic E-state index is 13.2. The van der Waals surface area contributed by atoms with Gasteiger partial charge in [-0.25, -0.2) is 0 Å². The fraction of sp³-hybridized carbons (Fsp3) is 0.400. The average Bonchev–Trinajstić information content (AvgIpc) is 3.32. The second-order valence-corrected chi connectivity index (χ2v) is 6.70. The molecule has 1 saturated carbocycles. The van der Waals surface area contributed by atoms with Crippen LogP contribution in [0.3, 0.4) is 0 Å². The molecule has 2 heterocycles. The molecule has 2 atom stereocenters. The highest BCUT2D eigenvalue weighted by atomic mass is 16.5. The molecule has 2 aromatic rings. The number of aromatic nitrogens is 1. The van der Waals surface area contributed by atoms with Crippen LogP contribution in [0, 0.1) is 12.8 Å². The largest absolute Gasteiger partial charge is 0.493 e. The van der Waals surface area contributed by atoms with Gasteiger partial charge in [-0.15, -0.1) is 0 Å². The normalized spacial score (nSPS) is 24.2. The SMILES string of the molecule is CCN(C(=O)[C@H]1C[C@]12CCOc1ccccc12)c1cccnc1C. The number of anilines is 1. The van der Waals surface area contributed by atoms with E-state index in [1.54, 1.807) is 6.20 Å². The van der Waals surface area contributed by atoms with Crippen LogP contribution in [-0.2, 0) is 10.2 Å². The van der Waals surface area contributed by atoms with E-state index >= 15 is 0 Å². The molecule has 1 aliphatic carbocycles. The number of rotatable bonds is 3. The Morgan fingerprint density at radius 1 is 1.33 bits per heavy atom. The van der Waals surface area contributed by atoms with Crippen molar-refractivity contribution < 1.29 is 9.53 Å². The van der Waals surface area contributed by atoms with E-state index in [2.05, 4.69) is 11.1 Å². The Morgan fingerprint density at radius 3 is 2.96 bits per heavy atom. The van der Waals surface area contributed by atoms with Crippen LogP contribution in [0.4, 0.5) is 5.69 Å². The molecule has 2 aliphatic rings. The first-order valence-corrected chi connectivity index (χ1v) is 8.62. The van der Waals surface area contributed by atoms with Crippen molar-refractivity contribution in [2.24, 2.45) is 5.92 Å².